The second-order valence-corrected chi connectivity index (χ2v) is 12.4. The van der Waals surface area contributed by atoms with Crippen LogP contribution in [0.2, 0.25) is 0 Å². The Morgan fingerprint density at radius 1 is 0.800 bits per heavy atom. The van der Waals surface area contributed by atoms with Gasteiger partial charge in [0.05, 0.1) is 30.9 Å². The second-order valence-electron chi connectivity index (χ2n) is 12.4. The Balaban J connectivity index is 2.31. The van der Waals surface area contributed by atoms with Crippen LogP contribution in [-0.2, 0) is 28.7 Å². The maximum Gasteiger partial charge on any atom is 0.331 e. The van der Waals surface area contributed by atoms with Crippen molar-refractivity contribution in [2.75, 3.05) is 6.61 Å². The third-order valence-electron chi connectivity index (χ3n) is 8.44. The molecule has 3 atom stereocenters. The van der Waals surface area contributed by atoms with E-state index in [4.69, 9.17) is 9.47 Å². The lowest BCUT2D eigenvalue weighted by molar-refractivity contribution is -0.138. The largest absolute Gasteiger partial charge is 0.478 e. The average Bonchev–Trinajstić information content (AvgIpc) is 3.01. The van der Waals surface area contributed by atoms with Gasteiger partial charge in [0, 0.05) is 31.1 Å². The fourth-order valence-corrected chi connectivity index (χ4v) is 5.75. The van der Waals surface area contributed by atoms with E-state index >= 15 is 0 Å². The van der Waals surface area contributed by atoms with Gasteiger partial charge in [0.2, 0.25) is 11.8 Å². The molecule has 1 rings (SSSR count). The minimum atomic E-state index is -1.11. The van der Waals surface area contributed by atoms with Gasteiger partial charge < -0.3 is 25.2 Å². The standard InChI is InChI=1S/C36H62N2O7/c1-5-8-9-10-11-12-13-14-15-16-17-18-19-20-21-22-25-44-34(41)24-23-33(40)38-31-26-29(36(42)43)27-32(35(31)37-28(4)39)45-30(6-2)7-3/h23-24,27,30-32,35H,5-22,25-26H2,1-4H3,(H,37,39)(H,38,40)(H,42,43)/b24-23+/t31-,32+,35+/m0/s1. The fraction of sp³-hybridized carbons (Fsp3) is 0.778. The lowest BCUT2D eigenvalue weighted by Crippen LogP contribution is -2.59. The zero-order valence-electron chi connectivity index (χ0n) is 28.6. The van der Waals surface area contributed by atoms with Crippen LogP contribution in [-0.4, -0.2) is 59.8 Å². The van der Waals surface area contributed by atoms with Crippen LogP contribution in [0.15, 0.2) is 23.8 Å². The van der Waals surface area contributed by atoms with E-state index in [-0.39, 0.29) is 24.0 Å². The van der Waals surface area contributed by atoms with E-state index in [1.807, 2.05) is 13.8 Å². The summed E-state index contributed by atoms with van der Waals surface area (Å²) in [6, 6.07) is -1.40. The number of carboxylic acid groups (broad SMARTS) is 1. The quantitative estimate of drug-likeness (QED) is 0.0516. The van der Waals surface area contributed by atoms with Gasteiger partial charge in [-0.1, -0.05) is 117 Å². The van der Waals surface area contributed by atoms with E-state index < -0.39 is 36.0 Å². The predicted octanol–water partition coefficient (Wildman–Crippen LogP) is 7.33. The molecule has 1 aliphatic carbocycles. The van der Waals surface area contributed by atoms with Gasteiger partial charge >= 0.3 is 11.9 Å². The SMILES string of the molecule is CCCCCCCCCCCCCCCCCCOC(=O)/C=C/C(=O)N[C@H]1CC(C(=O)O)=C[C@@H](OC(CC)CC)[C@@H]1NC(C)=O. The number of nitrogens with one attached hydrogen (secondary N) is 2. The highest BCUT2D eigenvalue weighted by atomic mass is 16.5. The van der Waals surface area contributed by atoms with E-state index in [9.17, 15) is 24.3 Å². The molecule has 9 nitrogen and oxygen atoms in total. The number of aliphatic carboxylic acids is 1. The highest BCUT2D eigenvalue weighted by Crippen LogP contribution is 2.25. The molecule has 0 bridgehead atoms. The average molecular weight is 635 g/mol. The molecule has 0 saturated heterocycles. The molecule has 1 aliphatic rings. The summed E-state index contributed by atoms with van der Waals surface area (Å²) in [5.41, 5.74) is 0.0973. The van der Waals surface area contributed by atoms with Crippen LogP contribution in [0.4, 0.5) is 0 Å². The highest BCUT2D eigenvalue weighted by Gasteiger charge is 2.38. The van der Waals surface area contributed by atoms with Crippen LogP contribution in [0, 0.1) is 0 Å². The van der Waals surface area contributed by atoms with Gasteiger partial charge in [0.25, 0.3) is 0 Å². The van der Waals surface area contributed by atoms with E-state index in [2.05, 4.69) is 17.6 Å². The number of carbonyl (C=O) groups excluding carboxylic acids is 3. The van der Waals surface area contributed by atoms with Crippen LogP contribution in [0.25, 0.3) is 0 Å². The van der Waals surface area contributed by atoms with Gasteiger partial charge in [-0.2, -0.15) is 0 Å². The molecular formula is C36H62N2O7. The number of esters is 1. The molecular weight excluding hydrogens is 572 g/mol. The van der Waals surface area contributed by atoms with Crippen LogP contribution in [0.5, 0.6) is 0 Å². The molecule has 0 aromatic carbocycles. The van der Waals surface area contributed by atoms with Crippen molar-refractivity contribution in [2.24, 2.45) is 0 Å². The van der Waals surface area contributed by atoms with Crippen molar-refractivity contribution < 1.29 is 33.8 Å². The summed E-state index contributed by atoms with van der Waals surface area (Å²) in [4.78, 5) is 48.6. The maximum atomic E-state index is 12.7. The summed E-state index contributed by atoms with van der Waals surface area (Å²) in [6.07, 6.45) is 24.6. The Bertz CT molecular complexity index is 913. The van der Waals surface area contributed by atoms with Crippen molar-refractivity contribution in [3.63, 3.8) is 0 Å². The molecule has 258 valence electrons. The molecule has 9 heteroatoms. The number of carboxylic acids is 1. The Morgan fingerprint density at radius 3 is 1.78 bits per heavy atom. The first-order valence-corrected chi connectivity index (χ1v) is 17.7. The number of ether oxygens (including phenoxy) is 2. The predicted molar refractivity (Wildman–Crippen MR) is 179 cm³/mol. The summed E-state index contributed by atoms with van der Waals surface area (Å²) in [6.45, 7) is 7.86. The van der Waals surface area contributed by atoms with Crippen molar-refractivity contribution in [1.82, 2.24) is 10.6 Å². The second kappa shape index (κ2) is 25.5. The molecule has 0 aromatic rings. The monoisotopic (exact) mass is 634 g/mol. The number of hydrogen-bond donors (Lipinski definition) is 3. The van der Waals surface area contributed by atoms with Crippen molar-refractivity contribution in [3.05, 3.63) is 23.8 Å². The van der Waals surface area contributed by atoms with Gasteiger partial charge in [0.15, 0.2) is 0 Å². The summed E-state index contributed by atoms with van der Waals surface area (Å²) >= 11 is 0. The molecule has 45 heavy (non-hydrogen) atoms. The zero-order chi connectivity index (χ0) is 33.3. The molecule has 0 spiro atoms. The van der Waals surface area contributed by atoms with E-state index in [0.29, 0.717) is 6.61 Å². The third-order valence-corrected chi connectivity index (χ3v) is 8.44. The van der Waals surface area contributed by atoms with Gasteiger partial charge in [-0.05, 0) is 25.3 Å². The molecule has 0 unspecified atom stereocenters. The molecule has 0 aliphatic heterocycles. The van der Waals surface area contributed by atoms with Crippen LogP contribution < -0.4 is 10.6 Å². The molecule has 0 aromatic heterocycles. The molecule has 0 fully saturated rings. The topological polar surface area (TPSA) is 131 Å². The first-order valence-electron chi connectivity index (χ1n) is 17.7. The number of carbonyl (C=O) groups is 4. The van der Waals surface area contributed by atoms with Gasteiger partial charge in [-0.3, -0.25) is 9.59 Å². The first kappa shape index (κ1) is 40.3. The Kier molecular flexibility index (Phi) is 22.9. The number of unbranched alkanes of at least 4 members (excludes halogenated alkanes) is 15. The zero-order valence-corrected chi connectivity index (χ0v) is 28.6. The van der Waals surface area contributed by atoms with Gasteiger partial charge in [-0.25, -0.2) is 9.59 Å². The van der Waals surface area contributed by atoms with E-state index in [0.717, 1.165) is 44.3 Å². The lowest BCUT2D eigenvalue weighted by atomic mass is 9.87. The molecule has 0 heterocycles. The first-order chi connectivity index (χ1) is 21.7. The van der Waals surface area contributed by atoms with Crippen molar-refractivity contribution in [3.8, 4) is 0 Å². The lowest BCUT2D eigenvalue weighted by Gasteiger charge is -2.38. The summed E-state index contributed by atoms with van der Waals surface area (Å²) in [5, 5.41) is 15.2. The van der Waals surface area contributed by atoms with Crippen LogP contribution >= 0.6 is 0 Å². The summed E-state index contributed by atoms with van der Waals surface area (Å²) in [7, 11) is 0. The molecule has 3 N–H and O–H groups in total. The summed E-state index contributed by atoms with van der Waals surface area (Å²) < 4.78 is 11.4. The summed E-state index contributed by atoms with van der Waals surface area (Å²) in [5.74, 6) is -2.61. The number of rotatable bonds is 26. The molecule has 0 radical (unpaired) electrons. The fourth-order valence-electron chi connectivity index (χ4n) is 5.75. The number of amides is 2. The van der Waals surface area contributed by atoms with Crippen LogP contribution in [0.1, 0.15) is 150 Å². The Labute approximate surface area is 272 Å². The molecule has 2 amide bonds. The highest BCUT2D eigenvalue weighted by molar-refractivity contribution is 5.95. The van der Waals surface area contributed by atoms with Crippen LogP contribution in [0.3, 0.4) is 0 Å². The smallest absolute Gasteiger partial charge is 0.331 e. The van der Waals surface area contributed by atoms with Gasteiger partial charge in [-0.15, -0.1) is 0 Å². The van der Waals surface area contributed by atoms with Crippen molar-refractivity contribution in [2.45, 2.75) is 174 Å². The van der Waals surface area contributed by atoms with E-state index in [1.165, 1.54) is 96.5 Å². The Morgan fingerprint density at radius 2 is 1.31 bits per heavy atom. The third kappa shape index (κ3) is 19.4. The minimum Gasteiger partial charge on any atom is -0.478 e. The normalized spacial score (nSPS) is 18.2. The minimum absolute atomic E-state index is 0.00629. The van der Waals surface area contributed by atoms with Crippen molar-refractivity contribution >= 4 is 23.8 Å². The van der Waals surface area contributed by atoms with E-state index in [1.54, 1.807) is 0 Å². The molecule has 0 saturated carbocycles. The number of hydrogen-bond acceptors (Lipinski definition) is 6. The maximum absolute atomic E-state index is 12.7. The van der Waals surface area contributed by atoms with Gasteiger partial charge in [0.1, 0.15) is 0 Å². The van der Waals surface area contributed by atoms with Crippen molar-refractivity contribution in [1.29, 1.82) is 0 Å². The Hall–Kier alpha value is -2.68.